The van der Waals surface area contributed by atoms with Crippen molar-refractivity contribution in [3.05, 3.63) is 34.9 Å². The molecule has 0 unspecified atom stereocenters. The van der Waals surface area contributed by atoms with E-state index in [4.69, 9.17) is 21.4 Å². The average molecular weight is 258 g/mol. The second kappa shape index (κ2) is 7.27. The minimum atomic E-state index is -0.161. The van der Waals surface area contributed by atoms with Gasteiger partial charge >= 0.3 is 0 Å². The molecule has 0 saturated carbocycles. The molecule has 0 atom stereocenters. The molecule has 17 heavy (non-hydrogen) atoms. The van der Waals surface area contributed by atoms with E-state index >= 15 is 0 Å². The van der Waals surface area contributed by atoms with Gasteiger partial charge in [-0.25, -0.2) is 0 Å². The number of carbonyl (C=O) groups excluding carboxylic acids is 1. The molecule has 1 aromatic rings. The Morgan fingerprint density at radius 2 is 2.18 bits per heavy atom. The summed E-state index contributed by atoms with van der Waals surface area (Å²) >= 11 is 5.94. The topological polar surface area (TPSA) is 49.8 Å². The van der Waals surface area contributed by atoms with Crippen molar-refractivity contribution in [2.75, 3.05) is 26.8 Å². The molecule has 0 heterocycles. The fourth-order valence-electron chi connectivity index (χ4n) is 1.25. The van der Waals surface area contributed by atoms with Crippen molar-refractivity contribution < 1.29 is 14.6 Å². The first-order valence-corrected chi connectivity index (χ1v) is 5.69. The molecule has 1 N–H and O–H groups in total. The van der Waals surface area contributed by atoms with E-state index in [2.05, 4.69) is 0 Å². The van der Waals surface area contributed by atoms with E-state index in [0.717, 1.165) is 5.56 Å². The number of hydrogen-bond acceptors (Lipinski definition) is 3. The number of aliphatic hydroxyl groups excluding tert-OH is 1. The van der Waals surface area contributed by atoms with Crippen LogP contribution in [0.5, 0.6) is 0 Å². The van der Waals surface area contributed by atoms with Crippen LogP contribution in [0, 0.1) is 0 Å². The molecule has 1 amide bonds. The number of hydrogen-bond donors (Lipinski definition) is 1. The van der Waals surface area contributed by atoms with E-state index in [9.17, 15) is 4.79 Å². The number of aliphatic hydroxyl groups is 1. The summed E-state index contributed by atoms with van der Waals surface area (Å²) < 4.78 is 5.27. The van der Waals surface area contributed by atoms with Gasteiger partial charge in [0.15, 0.2) is 0 Å². The fraction of sp³-hybridized carbons (Fsp3) is 0.417. The molecule has 0 bridgehead atoms. The Hall–Kier alpha value is -1.10. The van der Waals surface area contributed by atoms with E-state index in [0.29, 0.717) is 18.2 Å². The van der Waals surface area contributed by atoms with Crippen molar-refractivity contribution in [2.24, 2.45) is 0 Å². The molecular weight excluding hydrogens is 242 g/mol. The van der Waals surface area contributed by atoms with Gasteiger partial charge in [0.2, 0.25) is 5.91 Å². The molecule has 0 saturated heterocycles. The lowest BCUT2D eigenvalue weighted by Crippen LogP contribution is -2.32. The quantitative estimate of drug-likeness (QED) is 0.836. The molecule has 0 radical (unpaired) electrons. The number of nitrogens with zero attached hydrogens (tertiary/aromatic N) is 1. The first-order valence-electron chi connectivity index (χ1n) is 5.31. The van der Waals surface area contributed by atoms with Gasteiger partial charge in [0.25, 0.3) is 0 Å². The Bertz CT molecular complexity index is 371. The molecule has 0 aromatic heterocycles. The van der Waals surface area contributed by atoms with Crippen molar-refractivity contribution >= 4 is 17.5 Å². The summed E-state index contributed by atoms with van der Waals surface area (Å²) in [5, 5.41) is 9.30. The zero-order valence-corrected chi connectivity index (χ0v) is 10.5. The van der Waals surface area contributed by atoms with Gasteiger partial charge in [-0.1, -0.05) is 29.8 Å². The zero-order chi connectivity index (χ0) is 12.7. The SMILES string of the molecule is CN(CCO)C(=O)COCc1ccccc1Cl. The summed E-state index contributed by atoms with van der Waals surface area (Å²) in [4.78, 5) is 12.9. The van der Waals surface area contributed by atoms with E-state index in [1.54, 1.807) is 13.1 Å². The highest BCUT2D eigenvalue weighted by Crippen LogP contribution is 2.15. The molecule has 1 aromatic carbocycles. The van der Waals surface area contributed by atoms with Crippen molar-refractivity contribution in [1.29, 1.82) is 0 Å². The summed E-state index contributed by atoms with van der Waals surface area (Å²) in [5.41, 5.74) is 0.853. The highest BCUT2D eigenvalue weighted by Gasteiger charge is 2.08. The number of carbonyl (C=O) groups is 1. The number of likely N-dealkylation sites (N-methyl/N-ethyl adjacent to an activating group) is 1. The standard InChI is InChI=1S/C12H16ClNO3/c1-14(6-7-15)12(16)9-17-8-10-4-2-3-5-11(10)13/h2-5,15H,6-9H2,1H3. The van der Waals surface area contributed by atoms with Crippen LogP contribution >= 0.6 is 11.6 Å². The fourth-order valence-corrected chi connectivity index (χ4v) is 1.44. The van der Waals surface area contributed by atoms with E-state index < -0.39 is 0 Å². The van der Waals surface area contributed by atoms with Crippen molar-refractivity contribution in [3.63, 3.8) is 0 Å². The first kappa shape index (κ1) is 14.0. The molecular formula is C12H16ClNO3. The van der Waals surface area contributed by atoms with Crippen LogP contribution in [0.3, 0.4) is 0 Å². The highest BCUT2D eigenvalue weighted by atomic mass is 35.5. The maximum atomic E-state index is 11.5. The lowest BCUT2D eigenvalue weighted by Gasteiger charge is -2.15. The maximum absolute atomic E-state index is 11.5. The van der Waals surface area contributed by atoms with Crippen molar-refractivity contribution in [2.45, 2.75) is 6.61 Å². The molecule has 0 aliphatic heterocycles. The Labute approximate surface area is 106 Å². The third-order valence-corrected chi connectivity index (χ3v) is 2.67. The van der Waals surface area contributed by atoms with Crippen LogP contribution in [0.2, 0.25) is 5.02 Å². The van der Waals surface area contributed by atoms with Crippen LogP contribution in [-0.2, 0) is 16.1 Å². The molecule has 0 aliphatic rings. The Morgan fingerprint density at radius 3 is 2.82 bits per heavy atom. The Balaban J connectivity index is 2.33. The minimum Gasteiger partial charge on any atom is -0.395 e. The Morgan fingerprint density at radius 1 is 1.47 bits per heavy atom. The largest absolute Gasteiger partial charge is 0.395 e. The van der Waals surface area contributed by atoms with Crippen molar-refractivity contribution in [3.8, 4) is 0 Å². The van der Waals surface area contributed by atoms with Gasteiger partial charge in [0, 0.05) is 18.6 Å². The number of rotatable bonds is 6. The summed E-state index contributed by atoms with van der Waals surface area (Å²) in [5.74, 6) is -0.161. The molecule has 0 aliphatic carbocycles. The second-order valence-electron chi connectivity index (χ2n) is 3.62. The van der Waals surface area contributed by atoms with E-state index in [1.165, 1.54) is 4.90 Å². The van der Waals surface area contributed by atoms with Gasteiger partial charge in [-0.2, -0.15) is 0 Å². The van der Waals surface area contributed by atoms with Crippen LogP contribution in [0.25, 0.3) is 0 Å². The number of benzene rings is 1. The molecule has 0 fully saturated rings. The normalized spacial score (nSPS) is 10.3. The maximum Gasteiger partial charge on any atom is 0.248 e. The summed E-state index contributed by atoms with van der Waals surface area (Å²) in [6.07, 6.45) is 0. The van der Waals surface area contributed by atoms with E-state index in [-0.39, 0.29) is 19.1 Å². The van der Waals surface area contributed by atoms with Crippen LogP contribution in [-0.4, -0.2) is 42.7 Å². The smallest absolute Gasteiger partial charge is 0.248 e. The van der Waals surface area contributed by atoms with Gasteiger partial charge in [-0.15, -0.1) is 0 Å². The monoisotopic (exact) mass is 257 g/mol. The number of ether oxygens (including phenoxy) is 1. The van der Waals surface area contributed by atoms with Gasteiger partial charge in [0.1, 0.15) is 6.61 Å². The molecule has 4 nitrogen and oxygen atoms in total. The summed E-state index contributed by atoms with van der Waals surface area (Å²) in [7, 11) is 1.62. The van der Waals surface area contributed by atoms with Gasteiger partial charge in [0.05, 0.1) is 13.2 Å². The predicted molar refractivity (Wildman–Crippen MR) is 65.8 cm³/mol. The second-order valence-corrected chi connectivity index (χ2v) is 4.03. The highest BCUT2D eigenvalue weighted by molar-refractivity contribution is 6.31. The van der Waals surface area contributed by atoms with Gasteiger partial charge < -0.3 is 14.7 Å². The van der Waals surface area contributed by atoms with Crippen LogP contribution < -0.4 is 0 Å². The summed E-state index contributed by atoms with van der Waals surface area (Å²) in [6.45, 7) is 0.557. The molecule has 0 spiro atoms. The first-order chi connectivity index (χ1) is 8.15. The predicted octanol–water partition coefficient (Wildman–Crippen LogP) is 1.31. The van der Waals surface area contributed by atoms with Crippen LogP contribution in [0.1, 0.15) is 5.56 Å². The van der Waals surface area contributed by atoms with Crippen molar-refractivity contribution in [1.82, 2.24) is 4.90 Å². The lowest BCUT2D eigenvalue weighted by atomic mass is 10.2. The van der Waals surface area contributed by atoms with Gasteiger partial charge in [-0.05, 0) is 11.6 Å². The molecule has 94 valence electrons. The van der Waals surface area contributed by atoms with Crippen LogP contribution in [0.4, 0.5) is 0 Å². The van der Waals surface area contributed by atoms with Gasteiger partial charge in [-0.3, -0.25) is 4.79 Å². The van der Waals surface area contributed by atoms with Crippen LogP contribution in [0.15, 0.2) is 24.3 Å². The lowest BCUT2D eigenvalue weighted by molar-refractivity contribution is -0.135. The third kappa shape index (κ3) is 4.73. The summed E-state index contributed by atoms with van der Waals surface area (Å²) in [6, 6.07) is 7.33. The third-order valence-electron chi connectivity index (χ3n) is 2.30. The average Bonchev–Trinajstić information content (AvgIpc) is 2.31. The molecule has 1 rings (SSSR count). The Kier molecular flexibility index (Phi) is 5.97. The number of amides is 1. The zero-order valence-electron chi connectivity index (χ0n) is 9.73. The molecule has 5 heteroatoms. The van der Waals surface area contributed by atoms with E-state index in [1.807, 2.05) is 18.2 Å². The number of halogens is 1. The minimum absolute atomic E-state index is 0.0122.